The van der Waals surface area contributed by atoms with Crippen LogP contribution in [-0.4, -0.2) is 11.8 Å². The maximum absolute atomic E-state index is 13.7. The summed E-state index contributed by atoms with van der Waals surface area (Å²) in [4.78, 5) is 28.0. The van der Waals surface area contributed by atoms with Crippen LogP contribution in [0.3, 0.4) is 0 Å². The summed E-state index contributed by atoms with van der Waals surface area (Å²) in [5.74, 6) is -1.48. The molecule has 1 aliphatic rings. The number of hydrogen-bond acceptors (Lipinski definition) is 4. The van der Waals surface area contributed by atoms with Gasteiger partial charge >= 0.3 is 0 Å². The molecule has 4 nitrogen and oxygen atoms in total. The number of amides is 2. The lowest BCUT2D eigenvalue weighted by atomic mass is 10.1. The van der Waals surface area contributed by atoms with Crippen molar-refractivity contribution in [3.63, 3.8) is 0 Å². The van der Waals surface area contributed by atoms with Gasteiger partial charge in [-0.05, 0) is 66.8 Å². The molecule has 28 heavy (non-hydrogen) atoms. The Labute approximate surface area is 165 Å². The monoisotopic (exact) mass is 392 g/mol. The average Bonchev–Trinajstić information content (AvgIpc) is 3.25. The summed E-state index contributed by atoms with van der Waals surface area (Å²) >= 11 is 1.37. The fourth-order valence-electron chi connectivity index (χ4n) is 3.11. The quantitative estimate of drug-likeness (QED) is 0.643. The molecule has 0 unspecified atom stereocenters. The molecule has 2 amide bonds. The highest BCUT2D eigenvalue weighted by molar-refractivity contribution is 7.11. The van der Waals surface area contributed by atoms with Gasteiger partial charge in [0.15, 0.2) is 0 Å². The minimum Gasteiger partial charge on any atom is -0.350 e. The number of benzene rings is 2. The number of imide groups is 1. The van der Waals surface area contributed by atoms with Crippen molar-refractivity contribution in [3.05, 3.63) is 87.5 Å². The molecule has 0 aliphatic carbocycles. The zero-order chi connectivity index (χ0) is 19.8. The van der Waals surface area contributed by atoms with Crippen molar-refractivity contribution in [2.24, 2.45) is 0 Å². The first kappa shape index (κ1) is 18.1. The molecule has 3 aromatic rings. The fourth-order valence-corrected chi connectivity index (χ4v) is 3.88. The smallest absolute Gasteiger partial charge is 0.282 e. The van der Waals surface area contributed by atoms with E-state index in [0.29, 0.717) is 10.5 Å². The Balaban J connectivity index is 1.80. The van der Waals surface area contributed by atoms with Gasteiger partial charge in [-0.2, -0.15) is 0 Å². The molecule has 0 spiro atoms. The van der Waals surface area contributed by atoms with Crippen molar-refractivity contribution in [3.8, 4) is 0 Å². The number of hydrogen-bond donors (Lipinski definition) is 1. The van der Waals surface area contributed by atoms with Crippen molar-refractivity contribution in [2.45, 2.75) is 13.8 Å². The minimum absolute atomic E-state index is 0.194. The number of aryl methyl sites for hydroxylation is 2. The van der Waals surface area contributed by atoms with Crippen LogP contribution in [0, 0.1) is 19.7 Å². The van der Waals surface area contributed by atoms with Gasteiger partial charge in [-0.1, -0.05) is 18.2 Å². The molecule has 1 N–H and O–H groups in total. The Morgan fingerprint density at radius 2 is 1.75 bits per heavy atom. The van der Waals surface area contributed by atoms with Crippen LogP contribution >= 0.6 is 11.3 Å². The molecule has 2 aromatic carbocycles. The molecule has 1 aromatic heterocycles. The Hall–Kier alpha value is -3.25. The number of nitrogens with zero attached hydrogens (tertiary/aromatic N) is 1. The first-order chi connectivity index (χ1) is 13.5. The number of anilines is 2. The molecular formula is C22H17FN2O2S. The number of nitrogens with one attached hydrogen (secondary N) is 1. The molecule has 2 heterocycles. The van der Waals surface area contributed by atoms with Gasteiger partial charge in [0.2, 0.25) is 0 Å². The lowest BCUT2D eigenvalue weighted by Crippen LogP contribution is -2.32. The number of rotatable bonds is 4. The Kier molecular flexibility index (Phi) is 4.57. The molecule has 0 saturated carbocycles. The molecule has 0 fully saturated rings. The normalized spacial score (nSPS) is 14.2. The Bertz CT molecular complexity index is 1120. The Morgan fingerprint density at radius 3 is 2.43 bits per heavy atom. The number of carbonyl (C=O) groups is 2. The predicted molar refractivity (Wildman–Crippen MR) is 110 cm³/mol. The summed E-state index contributed by atoms with van der Waals surface area (Å²) in [6.07, 6.45) is 0. The number of carbonyl (C=O) groups excluding carboxylic acids is 2. The summed E-state index contributed by atoms with van der Waals surface area (Å²) in [6.45, 7) is 3.99. The predicted octanol–water partition coefficient (Wildman–Crippen LogP) is 4.90. The maximum Gasteiger partial charge on any atom is 0.282 e. The standard InChI is InChI=1S/C22H17FN2O2S/c1-13-8-9-16(11-14(13)2)24-20-19(18-7-4-10-28-18)21(26)25(22(20)27)17-6-3-5-15(23)12-17/h3-12,24H,1-2H3. The summed E-state index contributed by atoms with van der Waals surface area (Å²) < 4.78 is 13.7. The van der Waals surface area contributed by atoms with Crippen LogP contribution in [0.15, 0.2) is 65.7 Å². The van der Waals surface area contributed by atoms with E-state index in [1.165, 1.54) is 29.5 Å². The van der Waals surface area contributed by atoms with E-state index < -0.39 is 17.6 Å². The molecule has 0 atom stereocenters. The van der Waals surface area contributed by atoms with Crippen molar-refractivity contribution < 1.29 is 14.0 Å². The summed E-state index contributed by atoms with van der Waals surface area (Å²) in [6, 6.07) is 14.8. The van der Waals surface area contributed by atoms with Gasteiger partial charge in [0, 0.05) is 10.6 Å². The highest BCUT2D eigenvalue weighted by Gasteiger charge is 2.40. The van der Waals surface area contributed by atoms with Crippen LogP contribution < -0.4 is 10.2 Å². The third-order valence-corrected chi connectivity index (χ3v) is 5.58. The van der Waals surface area contributed by atoms with E-state index in [1.807, 2.05) is 43.5 Å². The average molecular weight is 392 g/mol. The van der Waals surface area contributed by atoms with E-state index in [-0.39, 0.29) is 11.4 Å². The van der Waals surface area contributed by atoms with Gasteiger partial charge in [-0.15, -0.1) is 11.3 Å². The van der Waals surface area contributed by atoms with E-state index in [1.54, 1.807) is 12.1 Å². The highest BCUT2D eigenvalue weighted by atomic mass is 32.1. The van der Waals surface area contributed by atoms with Crippen LogP contribution in [0.4, 0.5) is 15.8 Å². The van der Waals surface area contributed by atoms with E-state index in [0.717, 1.165) is 21.7 Å². The molecule has 0 radical (unpaired) electrons. The van der Waals surface area contributed by atoms with Crippen LogP contribution in [0.5, 0.6) is 0 Å². The van der Waals surface area contributed by atoms with Crippen LogP contribution in [-0.2, 0) is 9.59 Å². The van der Waals surface area contributed by atoms with Gasteiger partial charge in [0.1, 0.15) is 11.5 Å². The van der Waals surface area contributed by atoms with E-state index in [2.05, 4.69) is 5.32 Å². The van der Waals surface area contributed by atoms with E-state index in [4.69, 9.17) is 0 Å². The molecule has 6 heteroatoms. The summed E-state index contributed by atoms with van der Waals surface area (Å²) in [5, 5.41) is 4.97. The van der Waals surface area contributed by atoms with Crippen molar-refractivity contribution in [1.29, 1.82) is 0 Å². The molecule has 140 valence electrons. The molecular weight excluding hydrogens is 375 g/mol. The summed E-state index contributed by atoms with van der Waals surface area (Å²) in [7, 11) is 0. The molecule has 0 bridgehead atoms. The maximum atomic E-state index is 13.7. The lowest BCUT2D eigenvalue weighted by molar-refractivity contribution is -0.120. The largest absolute Gasteiger partial charge is 0.350 e. The van der Waals surface area contributed by atoms with Gasteiger partial charge < -0.3 is 5.32 Å². The highest BCUT2D eigenvalue weighted by Crippen LogP contribution is 2.35. The van der Waals surface area contributed by atoms with Gasteiger partial charge in [0.05, 0.1) is 11.3 Å². The van der Waals surface area contributed by atoms with Crippen LogP contribution in [0.25, 0.3) is 5.57 Å². The van der Waals surface area contributed by atoms with Gasteiger partial charge in [-0.3, -0.25) is 9.59 Å². The number of thiophene rings is 1. The van der Waals surface area contributed by atoms with Gasteiger partial charge in [-0.25, -0.2) is 9.29 Å². The fraction of sp³-hybridized carbons (Fsp3) is 0.0909. The number of halogens is 1. The SMILES string of the molecule is Cc1ccc(NC2=C(c3cccs3)C(=O)N(c3cccc(F)c3)C2=O)cc1C. The first-order valence-corrected chi connectivity index (χ1v) is 9.60. The van der Waals surface area contributed by atoms with Crippen molar-refractivity contribution >= 4 is 40.1 Å². The second-order valence-electron chi connectivity index (χ2n) is 6.58. The second-order valence-corrected chi connectivity index (χ2v) is 7.52. The third kappa shape index (κ3) is 3.12. The van der Waals surface area contributed by atoms with Crippen molar-refractivity contribution in [1.82, 2.24) is 0 Å². The third-order valence-electron chi connectivity index (χ3n) is 4.69. The van der Waals surface area contributed by atoms with Crippen molar-refractivity contribution in [2.75, 3.05) is 10.2 Å². The zero-order valence-electron chi connectivity index (χ0n) is 15.3. The second kappa shape index (κ2) is 7.05. The molecule has 0 saturated heterocycles. The van der Waals surface area contributed by atoms with E-state index >= 15 is 0 Å². The lowest BCUT2D eigenvalue weighted by Gasteiger charge is -2.15. The zero-order valence-corrected chi connectivity index (χ0v) is 16.1. The van der Waals surface area contributed by atoms with E-state index in [9.17, 15) is 14.0 Å². The molecule has 1 aliphatic heterocycles. The Morgan fingerprint density at radius 1 is 0.929 bits per heavy atom. The summed E-state index contributed by atoms with van der Waals surface area (Å²) in [5.41, 5.74) is 3.62. The van der Waals surface area contributed by atoms with Crippen LogP contribution in [0.1, 0.15) is 16.0 Å². The first-order valence-electron chi connectivity index (χ1n) is 8.72. The van der Waals surface area contributed by atoms with Gasteiger partial charge in [0.25, 0.3) is 11.8 Å². The topological polar surface area (TPSA) is 49.4 Å². The molecule has 4 rings (SSSR count). The minimum atomic E-state index is -0.508. The van der Waals surface area contributed by atoms with Crippen LogP contribution in [0.2, 0.25) is 0 Å².